The van der Waals surface area contributed by atoms with Gasteiger partial charge in [0.05, 0.1) is 0 Å². The zero-order chi connectivity index (χ0) is 16.3. The average Bonchev–Trinajstić information content (AvgIpc) is 2.50. The van der Waals surface area contributed by atoms with Crippen molar-refractivity contribution >= 4 is 5.97 Å². The average molecular weight is 306 g/mol. The molecule has 0 aromatic carbocycles. The van der Waals surface area contributed by atoms with Gasteiger partial charge in [-0.1, -0.05) is 75.8 Å². The third-order valence-electron chi connectivity index (χ3n) is 3.62. The Labute approximate surface area is 137 Å². The van der Waals surface area contributed by atoms with Gasteiger partial charge < -0.3 is 5.11 Å². The molecule has 2 nitrogen and oxygen atoms in total. The van der Waals surface area contributed by atoms with Crippen molar-refractivity contribution in [2.75, 3.05) is 0 Å². The fourth-order valence-corrected chi connectivity index (χ4v) is 2.29. The zero-order valence-electron chi connectivity index (χ0n) is 14.3. The molecule has 0 aromatic heterocycles. The highest BCUT2D eigenvalue weighted by molar-refractivity contribution is 5.80. The summed E-state index contributed by atoms with van der Waals surface area (Å²) >= 11 is 0. The van der Waals surface area contributed by atoms with E-state index in [1.165, 1.54) is 70.6 Å². The van der Waals surface area contributed by atoms with Gasteiger partial charge in [-0.3, -0.25) is 0 Å². The highest BCUT2D eigenvalue weighted by Crippen LogP contribution is 2.09. The lowest BCUT2D eigenvalue weighted by atomic mass is 10.1. The molecule has 0 saturated heterocycles. The minimum atomic E-state index is -0.889. The van der Waals surface area contributed by atoms with Crippen LogP contribution >= 0.6 is 0 Å². The smallest absolute Gasteiger partial charge is 0.328 e. The maximum absolute atomic E-state index is 10.2. The van der Waals surface area contributed by atoms with Crippen LogP contribution in [0, 0.1) is 0 Å². The molecule has 0 atom stereocenters. The van der Waals surface area contributed by atoms with Crippen molar-refractivity contribution in [3.63, 3.8) is 0 Å². The summed E-state index contributed by atoms with van der Waals surface area (Å²) in [6.07, 6.45) is 26.7. The van der Waals surface area contributed by atoms with Crippen molar-refractivity contribution in [3.8, 4) is 0 Å². The van der Waals surface area contributed by atoms with Gasteiger partial charge in [-0.2, -0.15) is 0 Å². The van der Waals surface area contributed by atoms with E-state index in [4.69, 9.17) is 5.11 Å². The van der Waals surface area contributed by atoms with Gasteiger partial charge in [0, 0.05) is 6.08 Å². The molecule has 0 amide bonds. The van der Waals surface area contributed by atoms with Crippen LogP contribution in [0.1, 0.15) is 84.0 Å². The van der Waals surface area contributed by atoms with Crippen LogP contribution in [0.2, 0.25) is 0 Å². The second-order valence-corrected chi connectivity index (χ2v) is 5.79. The largest absolute Gasteiger partial charge is 0.478 e. The Bertz CT molecular complexity index is 327. The van der Waals surface area contributed by atoms with Crippen LogP contribution in [0.25, 0.3) is 0 Å². The molecule has 0 saturated carbocycles. The number of hydrogen-bond donors (Lipinski definition) is 1. The molecule has 0 unspecified atom stereocenters. The molecule has 22 heavy (non-hydrogen) atoms. The molecule has 0 fully saturated rings. The first-order valence-corrected chi connectivity index (χ1v) is 8.98. The van der Waals surface area contributed by atoms with E-state index in [-0.39, 0.29) is 0 Å². The van der Waals surface area contributed by atoms with Crippen LogP contribution in [0.5, 0.6) is 0 Å². The molecule has 0 rings (SSSR count). The van der Waals surface area contributed by atoms with E-state index >= 15 is 0 Å². The maximum atomic E-state index is 10.2. The zero-order valence-corrected chi connectivity index (χ0v) is 14.3. The monoisotopic (exact) mass is 306 g/mol. The highest BCUT2D eigenvalue weighted by atomic mass is 16.4. The number of unbranched alkanes of at least 4 members (excludes halogenated alkanes) is 10. The van der Waals surface area contributed by atoms with Gasteiger partial charge >= 0.3 is 5.97 Å². The molecular weight excluding hydrogens is 272 g/mol. The summed E-state index contributed by atoms with van der Waals surface area (Å²) in [5.41, 5.74) is 0. The molecule has 0 spiro atoms. The Kier molecular flexibility index (Phi) is 16.7. The summed E-state index contributed by atoms with van der Waals surface area (Å²) in [4.78, 5) is 10.2. The van der Waals surface area contributed by atoms with E-state index in [9.17, 15) is 4.79 Å². The number of allylic oxidation sites excluding steroid dienone is 5. The minimum absolute atomic E-state index is 0.889. The number of carbonyl (C=O) groups is 1. The normalized spacial score (nSPS) is 12.0. The van der Waals surface area contributed by atoms with E-state index in [1.54, 1.807) is 6.08 Å². The van der Waals surface area contributed by atoms with Gasteiger partial charge in [0.25, 0.3) is 0 Å². The van der Waals surface area contributed by atoms with Crippen molar-refractivity contribution in [3.05, 3.63) is 36.5 Å². The lowest BCUT2D eigenvalue weighted by molar-refractivity contribution is -0.131. The molecule has 1 N–H and O–H groups in total. The van der Waals surface area contributed by atoms with Crippen LogP contribution in [0.4, 0.5) is 0 Å². The second-order valence-electron chi connectivity index (χ2n) is 5.79. The molecule has 0 heterocycles. The first kappa shape index (κ1) is 20.7. The van der Waals surface area contributed by atoms with Gasteiger partial charge in [0.1, 0.15) is 0 Å². The quantitative estimate of drug-likeness (QED) is 0.163. The third kappa shape index (κ3) is 18.7. The van der Waals surface area contributed by atoms with Crippen LogP contribution in [0.15, 0.2) is 36.5 Å². The number of rotatable bonds is 15. The first-order valence-electron chi connectivity index (χ1n) is 8.98. The van der Waals surface area contributed by atoms with Crippen LogP contribution in [0.3, 0.4) is 0 Å². The predicted octanol–water partition coefficient (Wildman–Crippen LogP) is 6.44. The summed E-state index contributed by atoms with van der Waals surface area (Å²) in [7, 11) is 0. The Morgan fingerprint density at radius 2 is 1.23 bits per heavy atom. The van der Waals surface area contributed by atoms with Gasteiger partial charge in [0.15, 0.2) is 0 Å². The summed E-state index contributed by atoms with van der Waals surface area (Å²) in [6, 6.07) is 0. The molecule has 2 heteroatoms. The second kappa shape index (κ2) is 17.7. The summed E-state index contributed by atoms with van der Waals surface area (Å²) in [5, 5.41) is 8.41. The number of aliphatic carboxylic acids is 1. The summed E-state index contributed by atoms with van der Waals surface area (Å²) in [5.74, 6) is -0.889. The molecule has 0 bridgehead atoms. The molecule has 0 aromatic rings. The standard InChI is InChI=1S/C20H34O2/c1-2-3-4-5-6-7-8-9-10-11-12-13-14-15-16-17-18-19-20(21)22/h7-8,16-19H,2-6,9-15H2,1H3,(H,21,22). The van der Waals surface area contributed by atoms with Crippen LogP contribution in [-0.2, 0) is 4.79 Å². The van der Waals surface area contributed by atoms with E-state index in [0.717, 1.165) is 12.5 Å². The third-order valence-corrected chi connectivity index (χ3v) is 3.62. The van der Waals surface area contributed by atoms with Crippen molar-refractivity contribution in [1.82, 2.24) is 0 Å². The van der Waals surface area contributed by atoms with E-state index in [1.807, 2.05) is 12.2 Å². The Morgan fingerprint density at radius 3 is 1.77 bits per heavy atom. The lowest BCUT2D eigenvalue weighted by Crippen LogP contribution is -1.84. The van der Waals surface area contributed by atoms with Gasteiger partial charge in [-0.25, -0.2) is 4.79 Å². The fourth-order valence-electron chi connectivity index (χ4n) is 2.29. The Hall–Kier alpha value is -1.31. The van der Waals surface area contributed by atoms with Crippen molar-refractivity contribution in [1.29, 1.82) is 0 Å². The molecular formula is C20H34O2. The Balaban J connectivity index is 3.20. The molecule has 0 radical (unpaired) electrons. The number of carboxylic acid groups (broad SMARTS) is 1. The minimum Gasteiger partial charge on any atom is -0.478 e. The highest BCUT2D eigenvalue weighted by Gasteiger charge is 1.89. The van der Waals surface area contributed by atoms with Gasteiger partial charge in [-0.05, 0) is 38.5 Å². The predicted molar refractivity (Wildman–Crippen MR) is 96.1 cm³/mol. The van der Waals surface area contributed by atoms with Crippen LogP contribution in [-0.4, -0.2) is 11.1 Å². The molecule has 0 aliphatic carbocycles. The number of carboxylic acids is 1. The Morgan fingerprint density at radius 1 is 0.727 bits per heavy atom. The van der Waals surface area contributed by atoms with E-state index < -0.39 is 5.97 Å². The van der Waals surface area contributed by atoms with Gasteiger partial charge in [0.2, 0.25) is 0 Å². The number of hydrogen-bond acceptors (Lipinski definition) is 1. The van der Waals surface area contributed by atoms with Crippen molar-refractivity contribution in [2.45, 2.75) is 84.0 Å². The van der Waals surface area contributed by atoms with Crippen LogP contribution < -0.4 is 0 Å². The first-order chi connectivity index (χ1) is 10.8. The molecule has 0 aliphatic heterocycles. The SMILES string of the molecule is CCCCCCC=CCCCCCCCC=CC=CC(=O)O. The summed E-state index contributed by atoms with van der Waals surface area (Å²) < 4.78 is 0. The fraction of sp³-hybridized carbons (Fsp3) is 0.650. The van der Waals surface area contributed by atoms with Crippen molar-refractivity contribution in [2.24, 2.45) is 0 Å². The molecule has 126 valence electrons. The van der Waals surface area contributed by atoms with Crippen molar-refractivity contribution < 1.29 is 9.90 Å². The summed E-state index contributed by atoms with van der Waals surface area (Å²) in [6.45, 7) is 2.25. The van der Waals surface area contributed by atoms with E-state index in [0.29, 0.717) is 0 Å². The lowest BCUT2D eigenvalue weighted by Gasteiger charge is -1.98. The van der Waals surface area contributed by atoms with E-state index in [2.05, 4.69) is 19.1 Å². The molecule has 0 aliphatic rings. The maximum Gasteiger partial charge on any atom is 0.328 e. The topological polar surface area (TPSA) is 37.3 Å². The van der Waals surface area contributed by atoms with Gasteiger partial charge in [-0.15, -0.1) is 0 Å².